The van der Waals surface area contributed by atoms with Gasteiger partial charge in [0.15, 0.2) is 11.5 Å². The zero-order valence-corrected chi connectivity index (χ0v) is 15.3. The molecule has 0 spiro atoms. The van der Waals surface area contributed by atoms with Crippen molar-refractivity contribution >= 4 is 29.0 Å². The number of nitrogens with one attached hydrogen (secondary N) is 1. The van der Waals surface area contributed by atoms with Crippen LogP contribution >= 0.6 is 11.6 Å². The van der Waals surface area contributed by atoms with E-state index in [1.165, 1.54) is 4.90 Å². The number of hydrogen-bond donors (Lipinski definition) is 2. The van der Waals surface area contributed by atoms with Crippen LogP contribution in [0.15, 0.2) is 24.3 Å². The molecule has 0 fully saturated rings. The predicted molar refractivity (Wildman–Crippen MR) is 98.4 cm³/mol. The molecule has 2 aromatic heterocycles. The lowest BCUT2D eigenvalue weighted by atomic mass is 10.2. The quantitative estimate of drug-likeness (QED) is 0.614. The first-order valence-corrected chi connectivity index (χ1v) is 8.70. The first kappa shape index (κ1) is 18.1. The molecule has 8 nitrogen and oxygen atoms in total. The Labute approximate surface area is 155 Å². The highest BCUT2D eigenvalue weighted by atomic mass is 35.5. The van der Waals surface area contributed by atoms with Gasteiger partial charge < -0.3 is 9.84 Å². The van der Waals surface area contributed by atoms with Crippen molar-refractivity contribution in [1.29, 1.82) is 0 Å². The predicted octanol–water partition coefficient (Wildman–Crippen LogP) is 3.54. The van der Waals surface area contributed by atoms with Gasteiger partial charge in [-0.1, -0.05) is 11.6 Å². The molecule has 9 heteroatoms. The molecule has 0 radical (unpaired) electrons. The second-order valence-electron chi connectivity index (χ2n) is 5.77. The van der Waals surface area contributed by atoms with Crippen LogP contribution in [0.5, 0.6) is 5.75 Å². The van der Waals surface area contributed by atoms with Crippen LogP contribution in [0, 0.1) is 6.92 Å². The molecule has 0 aliphatic carbocycles. The van der Waals surface area contributed by atoms with E-state index in [1.54, 1.807) is 35.7 Å². The van der Waals surface area contributed by atoms with Crippen molar-refractivity contribution in [3.8, 4) is 5.75 Å². The topological polar surface area (TPSA) is 95.8 Å². The van der Waals surface area contributed by atoms with E-state index in [1.807, 2.05) is 6.92 Å². The molecule has 0 bridgehead atoms. The molecule has 0 saturated heterocycles. The molecule has 2 N–H and O–H groups in total. The van der Waals surface area contributed by atoms with E-state index in [2.05, 4.69) is 15.3 Å². The fourth-order valence-electron chi connectivity index (χ4n) is 2.69. The lowest BCUT2D eigenvalue weighted by Gasteiger charge is -2.17. The molecule has 1 amide bonds. The van der Waals surface area contributed by atoms with Crippen LogP contribution in [0.2, 0.25) is 5.02 Å². The minimum atomic E-state index is -0.972. The van der Waals surface area contributed by atoms with E-state index < -0.39 is 6.09 Å². The van der Waals surface area contributed by atoms with Gasteiger partial charge in [-0.15, -0.1) is 0 Å². The molecule has 3 aromatic rings. The van der Waals surface area contributed by atoms with Gasteiger partial charge in [0.25, 0.3) is 0 Å². The lowest BCUT2D eigenvalue weighted by molar-refractivity contribution is 0.202. The van der Waals surface area contributed by atoms with E-state index in [9.17, 15) is 4.79 Å². The number of fused-ring (bicyclic) bond motifs is 1. The summed E-state index contributed by atoms with van der Waals surface area (Å²) in [4.78, 5) is 12.4. The number of aryl methyl sites for hydroxylation is 2. The highest BCUT2D eigenvalue weighted by molar-refractivity contribution is 6.34. The maximum Gasteiger partial charge on any atom is 0.411 e. The number of nitrogens with zero attached hydrogens (tertiary/aromatic N) is 4. The maximum absolute atomic E-state index is 11.1. The van der Waals surface area contributed by atoms with Crippen molar-refractivity contribution in [3.63, 3.8) is 0 Å². The number of halogens is 1. The summed E-state index contributed by atoms with van der Waals surface area (Å²) >= 11 is 6.14. The lowest BCUT2D eigenvalue weighted by Crippen LogP contribution is -2.28. The summed E-state index contributed by atoms with van der Waals surface area (Å²) in [5, 5.41) is 21.2. The molecule has 2 heterocycles. The minimum absolute atomic E-state index is 0.393. The number of benzene rings is 1. The molecular formula is C17H20ClN5O3. The molecule has 26 heavy (non-hydrogen) atoms. The van der Waals surface area contributed by atoms with Crippen LogP contribution in [0.1, 0.15) is 24.9 Å². The maximum atomic E-state index is 11.1. The van der Waals surface area contributed by atoms with Gasteiger partial charge in [0, 0.05) is 18.7 Å². The summed E-state index contributed by atoms with van der Waals surface area (Å²) in [6, 6.07) is 7.01. The number of hydrogen-bond acceptors (Lipinski definition) is 4. The minimum Gasteiger partial charge on any atom is -0.494 e. The number of carbonyl (C=O) groups is 1. The van der Waals surface area contributed by atoms with Gasteiger partial charge in [0.1, 0.15) is 10.8 Å². The third-order valence-corrected chi connectivity index (χ3v) is 4.48. The largest absolute Gasteiger partial charge is 0.494 e. The van der Waals surface area contributed by atoms with Gasteiger partial charge in [0.2, 0.25) is 0 Å². The Kier molecular flexibility index (Phi) is 5.32. The Morgan fingerprint density at radius 1 is 1.38 bits per heavy atom. The summed E-state index contributed by atoms with van der Waals surface area (Å²) in [5.74, 6) is 1.49. The molecule has 0 unspecified atom stereocenters. The number of rotatable bonds is 7. The highest BCUT2D eigenvalue weighted by Gasteiger charge is 2.13. The van der Waals surface area contributed by atoms with Crippen LogP contribution in [-0.2, 0) is 6.42 Å². The van der Waals surface area contributed by atoms with Gasteiger partial charge in [-0.25, -0.2) is 4.79 Å². The van der Waals surface area contributed by atoms with Crippen molar-refractivity contribution in [3.05, 3.63) is 40.8 Å². The second kappa shape index (κ2) is 7.65. The fraction of sp³-hybridized carbons (Fsp3) is 0.353. The fourth-order valence-corrected chi connectivity index (χ4v) is 2.85. The zero-order chi connectivity index (χ0) is 18.7. The van der Waals surface area contributed by atoms with Crippen LogP contribution in [0.4, 0.5) is 10.5 Å². The summed E-state index contributed by atoms with van der Waals surface area (Å²) in [5.41, 5.74) is 2.09. The van der Waals surface area contributed by atoms with Gasteiger partial charge in [-0.3, -0.25) is 10.00 Å². The standard InChI is InChI=1S/C17H20ClN5O3/c1-3-22(17(24)25)12-6-8-13(9-7-12)26-10-4-5-14-19-20-16-15(18)11(2)21-23(14)16/h6-9,20H,3-5,10H2,1-2H3,(H,24,25). The molecule has 0 aliphatic rings. The van der Waals surface area contributed by atoms with Gasteiger partial charge in [-0.2, -0.15) is 14.7 Å². The molecule has 1 aromatic carbocycles. The highest BCUT2D eigenvalue weighted by Crippen LogP contribution is 2.21. The number of ether oxygens (including phenoxy) is 1. The van der Waals surface area contributed by atoms with Crippen LogP contribution in [-0.4, -0.2) is 44.2 Å². The third kappa shape index (κ3) is 3.60. The third-order valence-electron chi connectivity index (χ3n) is 4.03. The van der Waals surface area contributed by atoms with Crippen molar-refractivity contribution in [2.75, 3.05) is 18.1 Å². The molecule has 0 aliphatic heterocycles. The number of H-pyrrole nitrogens is 1. The second-order valence-corrected chi connectivity index (χ2v) is 6.15. The molecule has 138 valence electrons. The Morgan fingerprint density at radius 2 is 2.12 bits per heavy atom. The Bertz CT molecular complexity index is 903. The number of aromatic amines is 1. The summed E-state index contributed by atoms with van der Waals surface area (Å²) in [6.07, 6.45) is 0.479. The average molecular weight is 378 g/mol. The molecular weight excluding hydrogens is 358 g/mol. The van der Waals surface area contributed by atoms with Crippen molar-refractivity contribution in [2.45, 2.75) is 26.7 Å². The summed E-state index contributed by atoms with van der Waals surface area (Å²) < 4.78 is 7.43. The normalized spacial score (nSPS) is 11.0. The Morgan fingerprint density at radius 3 is 2.77 bits per heavy atom. The van der Waals surface area contributed by atoms with E-state index in [0.29, 0.717) is 41.7 Å². The van der Waals surface area contributed by atoms with Crippen molar-refractivity contribution < 1.29 is 14.6 Å². The van der Waals surface area contributed by atoms with Crippen LogP contribution < -0.4 is 9.64 Å². The Hall–Kier alpha value is -2.74. The molecule has 0 atom stereocenters. The van der Waals surface area contributed by atoms with E-state index in [4.69, 9.17) is 21.4 Å². The summed E-state index contributed by atoms with van der Waals surface area (Å²) in [7, 11) is 0. The van der Waals surface area contributed by atoms with Crippen LogP contribution in [0.3, 0.4) is 0 Å². The van der Waals surface area contributed by atoms with E-state index in [-0.39, 0.29) is 0 Å². The van der Waals surface area contributed by atoms with Gasteiger partial charge in [0.05, 0.1) is 12.3 Å². The van der Waals surface area contributed by atoms with Crippen molar-refractivity contribution in [2.24, 2.45) is 0 Å². The van der Waals surface area contributed by atoms with Gasteiger partial charge >= 0.3 is 6.09 Å². The average Bonchev–Trinajstić information content (AvgIpc) is 3.14. The zero-order valence-electron chi connectivity index (χ0n) is 14.6. The van der Waals surface area contributed by atoms with Crippen LogP contribution in [0.25, 0.3) is 5.65 Å². The monoisotopic (exact) mass is 377 g/mol. The Balaban J connectivity index is 1.53. The number of amides is 1. The SMILES string of the molecule is CCN(C(=O)O)c1ccc(OCCCc2n[nH]c3c(Cl)c(C)nn23)cc1. The molecule has 3 rings (SSSR count). The summed E-state index contributed by atoms with van der Waals surface area (Å²) in [6.45, 7) is 4.55. The first-order valence-electron chi connectivity index (χ1n) is 8.32. The molecule has 0 saturated carbocycles. The first-order chi connectivity index (χ1) is 12.5. The van der Waals surface area contributed by atoms with E-state index in [0.717, 1.165) is 17.9 Å². The van der Waals surface area contributed by atoms with E-state index >= 15 is 0 Å². The van der Waals surface area contributed by atoms with Gasteiger partial charge in [-0.05, 0) is 44.5 Å². The number of aromatic nitrogens is 4. The number of anilines is 1. The number of carboxylic acid groups (broad SMARTS) is 1. The van der Waals surface area contributed by atoms with Crippen molar-refractivity contribution in [1.82, 2.24) is 19.8 Å². The smallest absolute Gasteiger partial charge is 0.411 e.